The molecule has 3 nitrogen and oxygen atoms in total. The van der Waals surface area contributed by atoms with E-state index in [0.29, 0.717) is 5.11 Å². The van der Waals surface area contributed by atoms with E-state index in [4.69, 9.17) is 12.2 Å². The predicted octanol–water partition coefficient (Wildman–Crippen LogP) is 2.48. The van der Waals surface area contributed by atoms with E-state index in [2.05, 4.69) is 22.5 Å². The van der Waals surface area contributed by atoms with Gasteiger partial charge in [-0.05, 0) is 37.2 Å². The highest BCUT2D eigenvalue weighted by Gasteiger charge is 1.96. The number of nitrogens with zero attached hydrogens (tertiary/aromatic N) is 1. The summed E-state index contributed by atoms with van der Waals surface area (Å²) < 4.78 is 0. The Bertz CT molecular complexity index is 308. The average Bonchev–Trinajstić information content (AvgIpc) is 2.22. The minimum absolute atomic E-state index is 0.639. The van der Waals surface area contributed by atoms with Crippen molar-refractivity contribution in [3.05, 3.63) is 23.9 Å². The van der Waals surface area contributed by atoms with Gasteiger partial charge >= 0.3 is 0 Å². The Kier molecular flexibility index (Phi) is 5.04. The number of hydrogen-bond donors (Lipinski definition) is 2. The third kappa shape index (κ3) is 4.74. The number of aromatic nitrogens is 1. The van der Waals surface area contributed by atoms with E-state index in [1.54, 1.807) is 0 Å². The molecular formula is C11H17N3S. The molecule has 4 heteroatoms. The first-order chi connectivity index (χ1) is 7.22. The van der Waals surface area contributed by atoms with Gasteiger partial charge in [-0.2, -0.15) is 0 Å². The van der Waals surface area contributed by atoms with Crippen molar-refractivity contribution < 1.29 is 0 Å². The monoisotopic (exact) mass is 223 g/mol. The average molecular weight is 223 g/mol. The number of thiocarbonyl (C=S) groups is 1. The molecule has 1 aromatic rings. The topological polar surface area (TPSA) is 37.0 Å². The Labute approximate surface area is 96.3 Å². The fourth-order valence-electron chi connectivity index (χ4n) is 1.08. The summed E-state index contributed by atoms with van der Waals surface area (Å²) in [4.78, 5) is 4.21. The Morgan fingerprint density at radius 2 is 2.27 bits per heavy atom. The lowest BCUT2D eigenvalue weighted by Crippen LogP contribution is -2.29. The number of nitrogens with one attached hydrogen (secondary N) is 2. The number of aryl methyl sites for hydroxylation is 1. The standard InChI is InChI=1S/C11H17N3S/c1-3-4-7-12-11(15)14-10-6-5-9(2)8-13-10/h5-6,8H,3-4,7H2,1-2H3,(H2,12,13,14,15). The molecule has 0 saturated heterocycles. The van der Waals surface area contributed by atoms with Crippen molar-refractivity contribution >= 4 is 23.1 Å². The van der Waals surface area contributed by atoms with Gasteiger partial charge in [0.15, 0.2) is 5.11 Å². The molecule has 0 fully saturated rings. The molecular weight excluding hydrogens is 206 g/mol. The molecule has 0 atom stereocenters. The highest BCUT2D eigenvalue weighted by molar-refractivity contribution is 7.80. The molecule has 2 N–H and O–H groups in total. The molecule has 0 aromatic carbocycles. The number of rotatable bonds is 4. The zero-order chi connectivity index (χ0) is 11.1. The maximum absolute atomic E-state index is 5.12. The highest BCUT2D eigenvalue weighted by Crippen LogP contribution is 2.03. The lowest BCUT2D eigenvalue weighted by molar-refractivity contribution is 0.758. The molecule has 1 heterocycles. The molecule has 0 amide bonds. The van der Waals surface area contributed by atoms with Crippen molar-refractivity contribution in [2.24, 2.45) is 0 Å². The smallest absolute Gasteiger partial charge is 0.171 e. The van der Waals surface area contributed by atoms with Crippen LogP contribution in [-0.4, -0.2) is 16.6 Å². The minimum Gasteiger partial charge on any atom is -0.362 e. The third-order valence-corrected chi connectivity index (χ3v) is 2.22. The van der Waals surface area contributed by atoms with Gasteiger partial charge in [-0.3, -0.25) is 0 Å². The van der Waals surface area contributed by atoms with Gasteiger partial charge in [0.25, 0.3) is 0 Å². The van der Waals surface area contributed by atoms with Crippen LogP contribution in [0.3, 0.4) is 0 Å². The van der Waals surface area contributed by atoms with Gasteiger partial charge in [-0.25, -0.2) is 4.98 Å². The first-order valence-corrected chi connectivity index (χ1v) is 5.60. The van der Waals surface area contributed by atoms with Gasteiger partial charge in [0.2, 0.25) is 0 Å². The van der Waals surface area contributed by atoms with Crippen LogP contribution in [0.25, 0.3) is 0 Å². The largest absolute Gasteiger partial charge is 0.362 e. The Morgan fingerprint density at radius 3 is 2.87 bits per heavy atom. The maximum Gasteiger partial charge on any atom is 0.171 e. The summed E-state index contributed by atoms with van der Waals surface area (Å²) in [6.45, 7) is 5.07. The van der Waals surface area contributed by atoms with Gasteiger partial charge in [-0.15, -0.1) is 0 Å². The Hall–Kier alpha value is -1.16. The molecule has 1 aromatic heterocycles. The number of anilines is 1. The summed E-state index contributed by atoms with van der Waals surface area (Å²) in [5.74, 6) is 0.787. The number of unbranched alkanes of at least 4 members (excludes halogenated alkanes) is 1. The maximum atomic E-state index is 5.12. The number of hydrogen-bond acceptors (Lipinski definition) is 2. The summed E-state index contributed by atoms with van der Waals surface area (Å²) in [6, 6.07) is 3.92. The molecule has 0 spiro atoms. The summed E-state index contributed by atoms with van der Waals surface area (Å²) in [7, 11) is 0. The predicted molar refractivity (Wildman–Crippen MR) is 68.1 cm³/mol. The number of pyridine rings is 1. The Morgan fingerprint density at radius 1 is 1.47 bits per heavy atom. The third-order valence-electron chi connectivity index (χ3n) is 1.97. The van der Waals surface area contributed by atoms with Gasteiger partial charge in [0, 0.05) is 12.7 Å². The minimum atomic E-state index is 0.639. The van der Waals surface area contributed by atoms with Gasteiger partial charge in [-0.1, -0.05) is 19.4 Å². The molecule has 0 radical (unpaired) electrons. The quantitative estimate of drug-likeness (QED) is 0.607. The van der Waals surface area contributed by atoms with Crippen molar-refractivity contribution in [1.29, 1.82) is 0 Å². The van der Waals surface area contributed by atoms with Crippen LogP contribution < -0.4 is 10.6 Å². The van der Waals surface area contributed by atoms with Crippen LogP contribution >= 0.6 is 12.2 Å². The second-order valence-corrected chi connectivity index (χ2v) is 3.86. The first kappa shape index (κ1) is 11.9. The fraction of sp³-hybridized carbons (Fsp3) is 0.455. The van der Waals surface area contributed by atoms with E-state index in [1.807, 2.05) is 25.3 Å². The van der Waals surface area contributed by atoms with Crippen molar-refractivity contribution in [2.75, 3.05) is 11.9 Å². The van der Waals surface area contributed by atoms with Crippen LogP contribution in [0, 0.1) is 6.92 Å². The highest BCUT2D eigenvalue weighted by atomic mass is 32.1. The van der Waals surface area contributed by atoms with Crippen molar-refractivity contribution in [2.45, 2.75) is 26.7 Å². The van der Waals surface area contributed by atoms with E-state index in [1.165, 1.54) is 6.42 Å². The normalized spacial score (nSPS) is 9.73. The molecule has 0 aliphatic carbocycles. The summed E-state index contributed by atoms with van der Waals surface area (Å²) in [5, 5.41) is 6.80. The van der Waals surface area contributed by atoms with Crippen LogP contribution in [0.4, 0.5) is 5.82 Å². The SMILES string of the molecule is CCCCNC(=S)Nc1ccc(C)cn1. The van der Waals surface area contributed by atoms with E-state index in [0.717, 1.165) is 24.3 Å². The zero-order valence-electron chi connectivity index (χ0n) is 9.21. The van der Waals surface area contributed by atoms with Crippen LogP contribution in [0.2, 0.25) is 0 Å². The van der Waals surface area contributed by atoms with Crippen molar-refractivity contribution in [3.63, 3.8) is 0 Å². The molecule has 82 valence electrons. The van der Waals surface area contributed by atoms with Gasteiger partial charge in [0.1, 0.15) is 5.82 Å². The van der Waals surface area contributed by atoms with Gasteiger partial charge in [0.05, 0.1) is 0 Å². The van der Waals surface area contributed by atoms with Crippen LogP contribution in [0.15, 0.2) is 18.3 Å². The van der Waals surface area contributed by atoms with Crippen LogP contribution in [-0.2, 0) is 0 Å². The summed E-state index contributed by atoms with van der Waals surface area (Å²) in [6.07, 6.45) is 4.11. The summed E-state index contributed by atoms with van der Waals surface area (Å²) >= 11 is 5.12. The molecule has 0 bridgehead atoms. The summed E-state index contributed by atoms with van der Waals surface area (Å²) in [5.41, 5.74) is 1.14. The lowest BCUT2D eigenvalue weighted by atomic mass is 10.3. The van der Waals surface area contributed by atoms with E-state index in [-0.39, 0.29) is 0 Å². The Balaban J connectivity index is 2.34. The molecule has 0 aliphatic heterocycles. The molecule has 0 aliphatic rings. The fourth-order valence-corrected chi connectivity index (χ4v) is 1.29. The molecule has 1 rings (SSSR count). The second kappa shape index (κ2) is 6.35. The van der Waals surface area contributed by atoms with Crippen molar-refractivity contribution in [1.82, 2.24) is 10.3 Å². The lowest BCUT2D eigenvalue weighted by Gasteiger charge is -2.09. The zero-order valence-corrected chi connectivity index (χ0v) is 10.0. The van der Waals surface area contributed by atoms with E-state index in [9.17, 15) is 0 Å². The van der Waals surface area contributed by atoms with E-state index < -0.39 is 0 Å². The van der Waals surface area contributed by atoms with E-state index >= 15 is 0 Å². The molecule has 0 unspecified atom stereocenters. The van der Waals surface area contributed by atoms with Crippen molar-refractivity contribution in [3.8, 4) is 0 Å². The first-order valence-electron chi connectivity index (χ1n) is 5.20. The van der Waals surface area contributed by atoms with Crippen LogP contribution in [0.1, 0.15) is 25.3 Å². The molecule has 0 saturated carbocycles. The van der Waals surface area contributed by atoms with Gasteiger partial charge < -0.3 is 10.6 Å². The second-order valence-electron chi connectivity index (χ2n) is 3.46. The van der Waals surface area contributed by atoms with Crippen LogP contribution in [0.5, 0.6) is 0 Å². The molecule has 15 heavy (non-hydrogen) atoms.